The third-order valence-corrected chi connectivity index (χ3v) is 5.37. The van der Waals surface area contributed by atoms with E-state index in [0.717, 1.165) is 5.56 Å². The zero-order valence-corrected chi connectivity index (χ0v) is 14.5. The average Bonchev–Trinajstić information content (AvgIpc) is 2.35. The van der Waals surface area contributed by atoms with E-state index in [1.54, 1.807) is 25.3 Å². The van der Waals surface area contributed by atoms with Crippen molar-refractivity contribution in [3.05, 3.63) is 29.8 Å². The maximum atomic E-state index is 12.2. The van der Waals surface area contributed by atoms with Crippen LogP contribution >= 0.6 is 12.2 Å². The second-order valence-corrected chi connectivity index (χ2v) is 8.67. The number of hydrogen-bond donors (Lipinski definition) is 2. The van der Waals surface area contributed by atoms with E-state index in [-0.39, 0.29) is 10.9 Å². The third-order valence-electron chi connectivity index (χ3n) is 2.81. The first-order chi connectivity index (χ1) is 9.70. The average molecular weight is 349 g/mol. The SMILES string of the molecule is CC(CCS(C)=O)NS(=O)(=O)c1ccc(CC(N)=S)cc1. The molecule has 0 saturated carbocycles. The minimum atomic E-state index is -3.57. The molecule has 1 aromatic carbocycles. The predicted molar refractivity (Wildman–Crippen MR) is 90.3 cm³/mol. The second-order valence-electron chi connectivity index (χ2n) is 4.88. The number of benzene rings is 1. The van der Waals surface area contributed by atoms with Crippen LogP contribution in [0.2, 0.25) is 0 Å². The summed E-state index contributed by atoms with van der Waals surface area (Å²) in [5, 5.41) is 0. The summed E-state index contributed by atoms with van der Waals surface area (Å²) >= 11 is 4.81. The Bertz CT molecular complexity index is 612. The fraction of sp³-hybridized carbons (Fsp3) is 0.462. The Morgan fingerprint density at radius 2 is 1.95 bits per heavy atom. The number of nitrogens with one attached hydrogen (secondary N) is 1. The van der Waals surface area contributed by atoms with Gasteiger partial charge in [-0.15, -0.1) is 0 Å². The highest BCUT2D eigenvalue weighted by molar-refractivity contribution is 7.89. The summed E-state index contributed by atoms with van der Waals surface area (Å²) in [6, 6.07) is 6.18. The molecule has 118 valence electrons. The van der Waals surface area contributed by atoms with Crippen molar-refractivity contribution in [2.24, 2.45) is 5.73 Å². The molecule has 1 rings (SSSR count). The molecule has 0 bridgehead atoms. The summed E-state index contributed by atoms with van der Waals surface area (Å²) in [5.41, 5.74) is 6.32. The molecule has 0 aromatic heterocycles. The Hall–Kier alpha value is -0.830. The van der Waals surface area contributed by atoms with Gasteiger partial charge in [-0.2, -0.15) is 0 Å². The Kier molecular flexibility index (Phi) is 6.92. The highest BCUT2D eigenvalue weighted by Crippen LogP contribution is 2.12. The van der Waals surface area contributed by atoms with Crippen molar-refractivity contribution >= 4 is 38.0 Å². The van der Waals surface area contributed by atoms with Crippen LogP contribution in [0.1, 0.15) is 18.9 Å². The second kappa shape index (κ2) is 7.98. The van der Waals surface area contributed by atoms with Gasteiger partial charge in [0.25, 0.3) is 0 Å². The van der Waals surface area contributed by atoms with Crippen LogP contribution < -0.4 is 10.5 Å². The van der Waals surface area contributed by atoms with Crippen LogP contribution in [0.5, 0.6) is 0 Å². The van der Waals surface area contributed by atoms with E-state index in [0.29, 0.717) is 23.6 Å². The van der Waals surface area contributed by atoms with Crippen LogP contribution in [0.4, 0.5) is 0 Å². The molecule has 0 amide bonds. The summed E-state index contributed by atoms with van der Waals surface area (Å²) in [5.74, 6) is 0.469. The summed E-state index contributed by atoms with van der Waals surface area (Å²) in [6.45, 7) is 1.76. The molecule has 3 N–H and O–H groups in total. The van der Waals surface area contributed by atoms with Gasteiger partial charge in [0.05, 0.1) is 9.88 Å². The van der Waals surface area contributed by atoms with Crippen LogP contribution in [0.3, 0.4) is 0 Å². The largest absolute Gasteiger partial charge is 0.393 e. The number of rotatable bonds is 8. The highest BCUT2D eigenvalue weighted by Gasteiger charge is 2.17. The van der Waals surface area contributed by atoms with E-state index in [2.05, 4.69) is 4.72 Å². The molecule has 0 radical (unpaired) electrons. The Morgan fingerprint density at radius 1 is 1.38 bits per heavy atom. The number of nitrogens with two attached hydrogens (primary N) is 1. The summed E-state index contributed by atoms with van der Waals surface area (Å²) in [7, 11) is -4.49. The zero-order chi connectivity index (χ0) is 16.0. The number of sulfonamides is 1. The van der Waals surface area contributed by atoms with E-state index in [1.807, 2.05) is 0 Å². The number of thiocarbonyl (C=S) groups is 1. The lowest BCUT2D eigenvalue weighted by Gasteiger charge is -2.13. The van der Waals surface area contributed by atoms with Gasteiger partial charge in [0, 0.05) is 35.3 Å². The maximum Gasteiger partial charge on any atom is 0.240 e. The van der Waals surface area contributed by atoms with Crippen LogP contribution in [0, 0.1) is 0 Å². The fourth-order valence-electron chi connectivity index (χ4n) is 1.72. The third kappa shape index (κ3) is 6.64. The van der Waals surface area contributed by atoms with Crippen molar-refractivity contribution < 1.29 is 12.6 Å². The van der Waals surface area contributed by atoms with E-state index < -0.39 is 20.8 Å². The quantitative estimate of drug-likeness (QED) is 0.683. The summed E-state index contributed by atoms with van der Waals surface area (Å²) < 4.78 is 38.0. The van der Waals surface area contributed by atoms with E-state index in [9.17, 15) is 12.6 Å². The Labute approximate surface area is 133 Å². The first-order valence-corrected chi connectivity index (χ1v) is 10.0. The monoisotopic (exact) mass is 348 g/mol. The number of hydrogen-bond acceptors (Lipinski definition) is 4. The van der Waals surface area contributed by atoms with Crippen molar-refractivity contribution in [2.45, 2.75) is 30.7 Å². The van der Waals surface area contributed by atoms with Gasteiger partial charge in [0.15, 0.2) is 0 Å². The molecule has 8 heteroatoms. The minimum Gasteiger partial charge on any atom is -0.393 e. The molecular weight excluding hydrogens is 328 g/mol. The van der Waals surface area contributed by atoms with Crippen LogP contribution in [0.25, 0.3) is 0 Å². The van der Waals surface area contributed by atoms with Crippen molar-refractivity contribution in [1.82, 2.24) is 4.72 Å². The molecule has 2 unspecified atom stereocenters. The first-order valence-electron chi connectivity index (χ1n) is 6.40. The van der Waals surface area contributed by atoms with Crippen LogP contribution in [-0.4, -0.2) is 35.7 Å². The lowest BCUT2D eigenvalue weighted by molar-refractivity contribution is 0.556. The predicted octanol–water partition coefficient (Wildman–Crippen LogP) is 0.951. The molecule has 0 saturated heterocycles. The van der Waals surface area contributed by atoms with E-state index in [1.165, 1.54) is 12.1 Å². The topological polar surface area (TPSA) is 89.3 Å². The van der Waals surface area contributed by atoms with Gasteiger partial charge in [-0.1, -0.05) is 24.4 Å². The standard InChI is InChI=1S/C13H20N2O3S3/c1-10(7-8-20(2)16)15-21(17,18)12-5-3-11(4-6-12)9-13(14)19/h3-6,10,15H,7-9H2,1-2H3,(H2,14,19). The van der Waals surface area contributed by atoms with Gasteiger partial charge < -0.3 is 5.73 Å². The van der Waals surface area contributed by atoms with Crippen molar-refractivity contribution in [1.29, 1.82) is 0 Å². The Morgan fingerprint density at radius 3 is 2.43 bits per heavy atom. The molecule has 0 fully saturated rings. The molecule has 21 heavy (non-hydrogen) atoms. The van der Waals surface area contributed by atoms with Gasteiger partial charge >= 0.3 is 0 Å². The highest BCUT2D eigenvalue weighted by atomic mass is 32.2. The molecule has 0 aliphatic rings. The lowest BCUT2D eigenvalue weighted by Crippen LogP contribution is -2.33. The van der Waals surface area contributed by atoms with Crippen molar-refractivity contribution in [3.63, 3.8) is 0 Å². The van der Waals surface area contributed by atoms with E-state index >= 15 is 0 Å². The maximum absolute atomic E-state index is 12.2. The molecule has 0 aliphatic heterocycles. The van der Waals surface area contributed by atoms with Crippen LogP contribution in [0.15, 0.2) is 29.2 Å². The first kappa shape index (κ1) is 18.2. The van der Waals surface area contributed by atoms with Crippen molar-refractivity contribution in [2.75, 3.05) is 12.0 Å². The molecule has 0 spiro atoms. The molecule has 0 heterocycles. The zero-order valence-electron chi connectivity index (χ0n) is 12.0. The van der Waals surface area contributed by atoms with E-state index in [4.69, 9.17) is 18.0 Å². The normalized spacial score (nSPS) is 14.6. The molecule has 0 aliphatic carbocycles. The molecule has 5 nitrogen and oxygen atoms in total. The smallest absolute Gasteiger partial charge is 0.240 e. The van der Waals surface area contributed by atoms with Gasteiger partial charge in [0.1, 0.15) is 0 Å². The van der Waals surface area contributed by atoms with Gasteiger partial charge in [-0.3, -0.25) is 4.21 Å². The van der Waals surface area contributed by atoms with Gasteiger partial charge in [-0.05, 0) is 31.0 Å². The summed E-state index contributed by atoms with van der Waals surface area (Å²) in [6.07, 6.45) is 2.57. The summed E-state index contributed by atoms with van der Waals surface area (Å²) in [4.78, 5) is 0.559. The molecular formula is C13H20N2O3S3. The molecule has 1 aromatic rings. The van der Waals surface area contributed by atoms with Gasteiger partial charge in [-0.25, -0.2) is 13.1 Å². The lowest BCUT2D eigenvalue weighted by atomic mass is 10.1. The fourth-order valence-corrected chi connectivity index (χ4v) is 3.85. The minimum absolute atomic E-state index is 0.193. The molecule has 2 atom stereocenters. The Balaban J connectivity index is 2.73. The van der Waals surface area contributed by atoms with Crippen LogP contribution in [-0.2, 0) is 27.2 Å². The van der Waals surface area contributed by atoms with Gasteiger partial charge in [0.2, 0.25) is 10.0 Å². The van der Waals surface area contributed by atoms with Crippen molar-refractivity contribution in [3.8, 4) is 0 Å².